The topological polar surface area (TPSA) is 42.1 Å². The van der Waals surface area contributed by atoms with Crippen molar-refractivity contribution in [3.8, 4) is 0 Å². The molecule has 0 saturated carbocycles. The molecule has 4 aromatic rings. The van der Waals surface area contributed by atoms with Gasteiger partial charge in [-0.1, -0.05) is 66.7 Å². The summed E-state index contributed by atoms with van der Waals surface area (Å²) in [5.74, 6) is -0.571. The van der Waals surface area contributed by atoms with Gasteiger partial charge in [-0.15, -0.1) is 0 Å². The minimum Gasteiger partial charge on any atom is -0.468 e. The van der Waals surface area contributed by atoms with Gasteiger partial charge in [0, 0.05) is 16.5 Å². The zero-order chi connectivity index (χ0) is 17.2. The lowest BCUT2D eigenvalue weighted by molar-refractivity contribution is -0.142. The molecule has 0 aliphatic rings. The molecule has 0 aliphatic heterocycles. The fourth-order valence-electron chi connectivity index (χ4n) is 3.40. The smallest absolute Gasteiger partial charge is 0.315 e. The Kier molecular flexibility index (Phi) is 3.98. The van der Waals surface area contributed by atoms with Gasteiger partial charge >= 0.3 is 5.97 Å². The lowest BCUT2D eigenvalue weighted by Gasteiger charge is -2.13. The molecule has 1 heterocycles. The summed E-state index contributed by atoms with van der Waals surface area (Å²) >= 11 is 0. The third-order valence-electron chi connectivity index (χ3n) is 4.69. The van der Waals surface area contributed by atoms with Crippen molar-refractivity contribution in [1.82, 2.24) is 4.98 Å². The first kappa shape index (κ1) is 15.5. The van der Waals surface area contributed by atoms with Crippen LogP contribution in [0.3, 0.4) is 0 Å². The highest BCUT2D eigenvalue weighted by atomic mass is 16.5. The monoisotopic (exact) mass is 329 g/mol. The van der Waals surface area contributed by atoms with Gasteiger partial charge in [0.25, 0.3) is 0 Å². The van der Waals surface area contributed by atoms with E-state index in [1.54, 1.807) is 0 Å². The number of carbonyl (C=O) groups excluding carboxylic acids is 1. The van der Waals surface area contributed by atoms with E-state index in [2.05, 4.69) is 35.3 Å². The number of nitrogens with one attached hydrogen (secondary N) is 1. The second-order valence-electron chi connectivity index (χ2n) is 6.24. The molecule has 0 bridgehead atoms. The summed E-state index contributed by atoms with van der Waals surface area (Å²) < 4.78 is 5.06. The van der Waals surface area contributed by atoms with E-state index in [9.17, 15) is 4.79 Å². The van der Waals surface area contributed by atoms with Crippen LogP contribution in [0.4, 0.5) is 0 Å². The Morgan fingerprint density at radius 1 is 0.960 bits per heavy atom. The van der Waals surface area contributed by atoms with E-state index in [1.165, 1.54) is 12.5 Å². The predicted molar refractivity (Wildman–Crippen MR) is 101 cm³/mol. The van der Waals surface area contributed by atoms with Crippen LogP contribution in [-0.4, -0.2) is 18.1 Å². The molecule has 1 unspecified atom stereocenters. The molecule has 1 atom stereocenters. The Hall–Kier alpha value is -3.07. The molecule has 4 rings (SSSR count). The van der Waals surface area contributed by atoms with Crippen molar-refractivity contribution in [2.24, 2.45) is 0 Å². The summed E-state index contributed by atoms with van der Waals surface area (Å²) in [5, 5.41) is 3.45. The van der Waals surface area contributed by atoms with Gasteiger partial charge in [0.05, 0.1) is 12.6 Å². The first-order valence-corrected chi connectivity index (χ1v) is 8.38. The number of aromatic amines is 1. The fraction of sp³-hybridized carbons (Fsp3) is 0.136. The maximum Gasteiger partial charge on any atom is 0.315 e. The number of ether oxygens (including phenoxy) is 1. The van der Waals surface area contributed by atoms with E-state index in [0.29, 0.717) is 6.42 Å². The number of methoxy groups -OCH3 is 1. The van der Waals surface area contributed by atoms with Crippen molar-refractivity contribution in [2.45, 2.75) is 12.3 Å². The number of hydrogen-bond acceptors (Lipinski definition) is 2. The van der Waals surface area contributed by atoms with Crippen LogP contribution in [0.5, 0.6) is 0 Å². The number of carbonyl (C=O) groups is 1. The largest absolute Gasteiger partial charge is 0.468 e. The minimum absolute atomic E-state index is 0.222. The van der Waals surface area contributed by atoms with Gasteiger partial charge in [0.15, 0.2) is 0 Å². The standard InChI is InChI=1S/C22H19NO2/c1-25-22(24)19(13-15-7-3-2-4-8-15)20-14-17-12-11-16-9-5-6-10-18(16)21(17)23-20/h2-12,14,19,23H,13H2,1H3. The molecule has 0 saturated heterocycles. The van der Waals surface area contributed by atoms with Gasteiger partial charge in [-0.25, -0.2) is 0 Å². The molecule has 124 valence electrons. The lowest BCUT2D eigenvalue weighted by atomic mass is 9.96. The molecule has 3 aromatic carbocycles. The van der Waals surface area contributed by atoms with Crippen LogP contribution < -0.4 is 0 Å². The summed E-state index contributed by atoms with van der Waals surface area (Å²) in [7, 11) is 1.44. The maximum absolute atomic E-state index is 12.4. The Morgan fingerprint density at radius 3 is 2.48 bits per heavy atom. The SMILES string of the molecule is COC(=O)C(Cc1ccccc1)c1cc2ccc3ccccc3c2[nH]1. The molecule has 1 N–H and O–H groups in total. The lowest BCUT2D eigenvalue weighted by Crippen LogP contribution is -2.17. The van der Waals surface area contributed by atoms with Gasteiger partial charge in [-0.2, -0.15) is 0 Å². The Bertz CT molecular complexity index is 1030. The van der Waals surface area contributed by atoms with Gasteiger partial charge in [0.2, 0.25) is 0 Å². The summed E-state index contributed by atoms with van der Waals surface area (Å²) in [6, 6.07) is 24.5. The third kappa shape index (κ3) is 2.89. The van der Waals surface area contributed by atoms with Crippen molar-refractivity contribution >= 4 is 27.6 Å². The third-order valence-corrected chi connectivity index (χ3v) is 4.69. The average Bonchev–Trinajstić information content (AvgIpc) is 3.11. The van der Waals surface area contributed by atoms with Crippen LogP contribution in [-0.2, 0) is 16.0 Å². The second kappa shape index (κ2) is 6.44. The van der Waals surface area contributed by atoms with Crippen molar-refractivity contribution < 1.29 is 9.53 Å². The highest BCUT2D eigenvalue weighted by Crippen LogP contribution is 2.30. The summed E-state index contributed by atoms with van der Waals surface area (Å²) in [4.78, 5) is 15.9. The van der Waals surface area contributed by atoms with Crippen LogP contribution in [0.25, 0.3) is 21.7 Å². The van der Waals surface area contributed by atoms with Crippen molar-refractivity contribution in [3.05, 3.63) is 84.1 Å². The molecule has 0 fully saturated rings. The molecule has 3 nitrogen and oxygen atoms in total. The molecule has 0 radical (unpaired) electrons. The summed E-state index contributed by atoms with van der Waals surface area (Å²) in [6.45, 7) is 0. The Labute approximate surface area is 146 Å². The van der Waals surface area contributed by atoms with Crippen LogP contribution in [0.2, 0.25) is 0 Å². The van der Waals surface area contributed by atoms with E-state index < -0.39 is 0 Å². The molecule has 0 aliphatic carbocycles. The first-order valence-electron chi connectivity index (χ1n) is 8.38. The fourth-order valence-corrected chi connectivity index (χ4v) is 3.40. The predicted octanol–water partition coefficient (Wildman–Crippen LogP) is 4.82. The van der Waals surface area contributed by atoms with E-state index in [4.69, 9.17) is 4.74 Å². The van der Waals surface area contributed by atoms with Gasteiger partial charge < -0.3 is 9.72 Å². The van der Waals surface area contributed by atoms with E-state index in [0.717, 1.165) is 27.5 Å². The highest BCUT2D eigenvalue weighted by molar-refractivity contribution is 6.06. The van der Waals surface area contributed by atoms with Crippen molar-refractivity contribution in [1.29, 1.82) is 0 Å². The number of esters is 1. The molecule has 0 amide bonds. The number of benzene rings is 3. The molecular formula is C22H19NO2. The highest BCUT2D eigenvalue weighted by Gasteiger charge is 2.24. The number of fused-ring (bicyclic) bond motifs is 3. The van der Waals surface area contributed by atoms with Crippen LogP contribution >= 0.6 is 0 Å². The zero-order valence-corrected chi connectivity index (χ0v) is 14.0. The van der Waals surface area contributed by atoms with E-state index in [-0.39, 0.29) is 11.9 Å². The van der Waals surface area contributed by atoms with E-state index in [1.807, 2.05) is 42.5 Å². The summed E-state index contributed by atoms with van der Waals surface area (Å²) in [5.41, 5.74) is 3.07. The van der Waals surface area contributed by atoms with Gasteiger partial charge in [0.1, 0.15) is 5.92 Å². The Morgan fingerprint density at radius 2 is 1.68 bits per heavy atom. The summed E-state index contributed by atoms with van der Waals surface area (Å²) in [6.07, 6.45) is 0.609. The zero-order valence-electron chi connectivity index (χ0n) is 14.0. The normalized spacial score (nSPS) is 12.4. The molecule has 1 aromatic heterocycles. The minimum atomic E-state index is -0.349. The quantitative estimate of drug-likeness (QED) is 0.545. The molecule has 25 heavy (non-hydrogen) atoms. The molecule has 3 heteroatoms. The van der Waals surface area contributed by atoms with Gasteiger partial charge in [-0.05, 0) is 23.4 Å². The molecule has 0 spiro atoms. The number of H-pyrrole nitrogens is 1. The van der Waals surface area contributed by atoms with E-state index >= 15 is 0 Å². The maximum atomic E-state index is 12.4. The Balaban J connectivity index is 1.81. The van der Waals surface area contributed by atoms with Crippen LogP contribution in [0, 0.1) is 0 Å². The van der Waals surface area contributed by atoms with Gasteiger partial charge in [-0.3, -0.25) is 4.79 Å². The van der Waals surface area contributed by atoms with Crippen molar-refractivity contribution in [2.75, 3.05) is 7.11 Å². The first-order chi connectivity index (χ1) is 12.3. The molecular weight excluding hydrogens is 310 g/mol. The number of rotatable bonds is 4. The van der Waals surface area contributed by atoms with Crippen LogP contribution in [0.1, 0.15) is 17.2 Å². The number of hydrogen-bond donors (Lipinski definition) is 1. The van der Waals surface area contributed by atoms with Crippen LogP contribution in [0.15, 0.2) is 72.8 Å². The average molecular weight is 329 g/mol. The number of aromatic nitrogens is 1. The van der Waals surface area contributed by atoms with Crippen molar-refractivity contribution in [3.63, 3.8) is 0 Å². The second-order valence-corrected chi connectivity index (χ2v) is 6.24.